The average Bonchev–Trinajstić information content (AvgIpc) is 2.80. The van der Waals surface area contributed by atoms with E-state index in [0.717, 1.165) is 0 Å². The largest absolute Gasteiger partial charge is 0.481 e. The Morgan fingerprint density at radius 3 is 1.94 bits per heavy atom. The first-order valence-corrected chi connectivity index (χ1v) is 12.3. The normalized spacial score (nSPS) is 13.9. The van der Waals surface area contributed by atoms with Crippen LogP contribution in [0.2, 0.25) is 0 Å². The van der Waals surface area contributed by atoms with E-state index in [2.05, 4.69) is 16.0 Å². The van der Waals surface area contributed by atoms with Crippen molar-refractivity contribution < 1.29 is 39.0 Å². The van der Waals surface area contributed by atoms with Gasteiger partial charge in [-0.25, -0.2) is 4.79 Å². The zero-order valence-corrected chi connectivity index (χ0v) is 20.5. The van der Waals surface area contributed by atoms with E-state index in [9.17, 15) is 39.0 Å². The molecule has 0 aliphatic heterocycles. The van der Waals surface area contributed by atoms with E-state index >= 15 is 0 Å². The molecule has 4 amide bonds. The van der Waals surface area contributed by atoms with Gasteiger partial charge in [0.25, 0.3) is 0 Å². The zero-order chi connectivity index (χ0) is 27.3. The second kappa shape index (κ2) is 15.4. The number of thioether (sulfide) groups is 1. The van der Waals surface area contributed by atoms with Gasteiger partial charge in [0.15, 0.2) is 0 Å². The van der Waals surface area contributed by atoms with E-state index < -0.39 is 72.6 Å². The summed E-state index contributed by atoms with van der Waals surface area (Å²) < 4.78 is 0. The number of nitrogens with two attached hydrogens (primary N) is 2. The molecule has 0 bridgehead atoms. The van der Waals surface area contributed by atoms with E-state index in [1.54, 1.807) is 30.3 Å². The Kier molecular flexibility index (Phi) is 13.0. The van der Waals surface area contributed by atoms with Crippen LogP contribution in [-0.2, 0) is 35.2 Å². The first-order chi connectivity index (χ1) is 16.9. The summed E-state index contributed by atoms with van der Waals surface area (Å²) in [6, 6.07) is 2.87. The first-order valence-electron chi connectivity index (χ1n) is 10.9. The summed E-state index contributed by atoms with van der Waals surface area (Å²) in [4.78, 5) is 72.2. The second-order valence-electron chi connectivity index (χ2n) is 7.87. The summed E-state index contributed by atoms with van der Waals surface area (Å²) in [5.74, 6) is -5.96. The number of hydrogen-bond donors (Lipinski definition) is 7. The average molecular weight is 526 g/mol. The summed E-state index contributed by atoms with van der Waals surface area (Å²) >= 11 is 1.46. The van der Waals surface area contributed by atoms with Gasteiger partial charge in [0.1, 0.15) is 18.1 Å². The van der Waals surface area contributed by atoms with Crippen LogP contribution in [0.25, 0.3) is 0 Å². The van der Waals surface area contributed by atoms with Crippen molar-refractivity contribution in [3.8, 4) is 0 Å². The van der Waals surface area contributed by atoms with Gasteiger partial charge in [-0.15, -0.1) is 0 Å². The van der Waals surface area contributed by atoms with Crippen LogP contribution in [0, 0.1) is 0 Å². The topological polar surface area (TPSA) is 231 Å². The van der Waals surface area contributed by atoms with Crippen LogP contribution < -0.4 is 27.4 Å². The summed E-state index contributed by atoms with van der Waals surface area (Å²) in [5, 5.41) is 25.3. The zero-order valence-electron chi connectivity index (χ0n) is 19.6. The van der Waals surface area contributed by atoms with Crippen molar-refractivity contribution in [2.45, 2.75) is 49.9 Å². The Labute approximate surface area is 211 Å². The number of rotatable bonds is 16. The number of hydrogen-bond acceptors (Lipinski definition) is 8. The molecule has 0 aliphatic rings. The van der Waals surface area contributed by atoms with Crippen molar-refractivity contribution in [3.63, 3.8) is 0 Å². The highest BCUT2D eigenvalue weighted by atomic mass is 32.2. The van der Waals surface area contributed by atoms with Gasteiger partial charge in [-0.3, -0.25) is 24.0 Å². The molecule has 0 radical (unpaired) electrons. The van der Waals surface area contributed by atoms with E-state index in [0.29, 0.717) is 17.7 Å². The van der Waals surface area contributed by atoms with Gasteiger partial charge in [-0.2, -0.15) is 11.8 Å². The number of amides is 4. The predicted octanol–water partition coefficient (Wildman–Crippen LogP) is -1.80. The van der Waals surface area contributed by atoms with Crippen LogP contribution in [0.1, 0.15) is 24.8 Å². The lowest BCUT2D eigenvalue weighted by Crippen LogP contribution is -2.58. The molecule has 0 heterocycles. The molecule has 36 heavy (non-hydrogen) atoms. The molecule has 4 unspecified atom stereocenters. The number of carboxylic acids is 2. The lowest BCUT2D eigenvalue weighted by molar-refractivity contribution is -0.144. The second-order valence-corrected chi connectivity index (χ2v) is 8.85. The minimum absolute atomic E-state index is 0.0949. The maximum absolute atomic E-state index is 12.9. The molecule has 0 saturated heterocycles. The molecule has 1 aromatic carbocycles. The molecule has 9 N–H and O–H groups in total. The van der Waals surface area contributed by atoms with Gasteiger partial charge in [0.05, 0.1) is 18.9 Å². The number of aliphatic carboxylic acids is 2. The van der Waals surface area contributed by atoms with Crippen LogP contribution in [0.15, 0.2) is 30.3 Å². The smallest absolute Gasteiger partial charge is 0.326 e. The van der Waals surface area contributed by atoms with Gasteiger partial charge < -0.3 is 37.6 Å². The molecule has 14 heteroatoms. The fraction of sp³-hybridized carbons (Fsp3) is 0.455. The molecule has 0 fully saturated rings. The number of carbonyl (C=O) groups is 6. The standard InChI is InChI=1S/C22H31N5O8S/c1-36-8-7-13(23)19(31)25-15(11-18(29)30)21(33)26-14(9-12-5-3-2-4-6-12)20(32)27-16(22(34)35)10-17(24)28/h2-6,13-16H,7-11,23H2,1H3,(H2,24,28)(H,25,31)(H,26,33)(H,27,32)(H,29,30)(H,34,35). The molecule has 13 nitrogen and oxygen atoms in total. The number of carboxylic acid groups (broad SMARTS) is 2. The lowest BCUT2D eigenvalue weighted by atomic mass is 10.0. The fourth-order valence-corrected chi connectivity index (χ4v) is 3.53. The Balaban J connectivity index is 3.11. The van der Waals surface area contributed by atoms with Gasteiger partial charge in [-0.1, -0.05) is 30.3 Å². The third kappa shape index (κ3) is 11.2. The van der Waals surface area contributed by atoms with Crippen molar-refractivity contribution in [2.75, 3.05) is 12.0 Å². The molecule has 198 valence electrons. The molecule has 0 saturated carbocycles. The van der Waals surface area contributed by atoms with Gasteiger partial charge in [0, 0.05) is 6.42 Å². The Morgan fingerprint density at radius 2 is 1.42 bits per heavy atom. The van der Waals surface area contributed by atoms with Crippen molar-refractivity contribution in [3.05, 3.63) is 35.9 Å². The number of nitrogens with one attached hydrogen (secondary N) is 3. The third-order valence-corrected chi connectivity index (χ3v) is 5.56. The molecular formula is C22H31N5O8S. The van der Waals surface area contributed by atoms with Gasteiger partial charge >= 0.3 is 11.9 Å². The molecule has 1 rings (SSSR count). The minimum atomic E-state index is -1.64. The summed E-state index contributed by atoms with van der Waals surface area (Å²) in [6.45, 7) is 0. The van der Waals surface area contributed by atoms with Crippen LogP contribution in [0.5, 0.6) is 0 Å². The van der Waals surface area contributed by atoms with Crippen molar-refractivity contribution >= 4 is 47.3 Å². The van der Waals surface area contributed by atoms with Crippen molar-refractivity contribution in [2.24, 2.45) is 11.5 Å². The monoisotopic (exact) mass is 525 g/mol. The number of benzene rings is 1. The first kappa shape index (κ1) is 30.4. The molecule has 0 aromatic heterocycles. The summed E-state index contributed by atoms with van der Waals surface area (Å²) in [5.41, 5.74) is 11.4. The van der Waals surface area contributed by atoms with Crippen LogP contribution in [0.3, 0.4) is 0 Å². The Bertz CT molecular complexity index is 946. The Morgan fingerprint density at radius 1 is 0.861 bits per heavy atom. The van der Waals surface area contributed by atoms with E-state index in [4.69, 9.17) is 11.5 Å². The minimum Gasteiger partial charge on any atom is -0.481 e. The number of carbonyl (C=O) groups excluding carboxylic acids is 4. The fourth-order valence-electron chi connectivity index (χ4n) is 3.04. The van der Waals surface area contributed by atoms with Crippen LogP contribution in [0.4, 0.5) is 0 Å². The van der Waals surface area contributed by atoms with Crippen molar-refractivity contribution in [1.82, 2.24) is 16.0 Å². The number of primary amides is 1. The molecule has 1 aromatic rings. The molecule has 0 aliphatic carbocycles. The maximum atomic E-state index is 12.9. The SMILES string of the molecule is CSCCC(N)C(=O)NC(CC(=O)O)C(=O)NC(Cc1ccccc1)C(=O)NC(CC(N)=O)C(=O)O. The van der Waals surface area contributed by atoms with Gasteiger partial charge in [0.2, 0.25) is 23.6 Å². The van der Waals surface area contributed by atoms with Gasteiger partial charge in [-0.05, 0) is 24.0 Å². The lowest BCUT2D eigenvalue weighted by Gasteiger charge is -2.24. The predicted molar refractivity (Wildman–Crippen MR) is 131 cm³/mol. The highest BCUT2D eigenvalue weighted by molar-refractivity contribution is 7.98. The van der Waals surface area contributed by atoms with Crippen molar-refractivity contribution in [1.29, 1.82) is 0 Å². The summed E-state index contributed by atoms with van der Waals surface area (Å²) in [6.07, 6.45) is 0.554. The quantitative estimate of drug-likeness (QED) is 0.128. The molecular weight excluding hydrogens is 494 g/mol. The van der Waals surface area contributed by atoms with Crippen LogP contribution in [-0.4, -0.2) is 82.0 Å². The molecule has 4 atom stereocenters. The third-order valence-electron chi connectivity index (χ3n) is 4.92. The summed E-state index contributed by atoms with van der Waals surface area (Å²) in [7, 11) is 0. The highest BCUT2D eigenvalue weighted by Gasteiger charge is 2.32. The van der Waals surface area contributed by atoms with Crippen LogP contribution >= 0.6 is 11.8 Å². The Hall–Kier alpha value is -3.65. The molecule has 0 spiro atoms. The maximum Gasteiger partial charge on any atom is 0.326 e. The van der Waals surface area contributed by atoms with E-state index in [-0.39, 0.29) is 6.42 Å². The van der Waals surface area contributed by atoms with E-state index in [1.807, 2.05) is 6.26 Å². The highest BCUT2D eigenvalue weighted by Crippen LogP contribution is 2.07. The van der Waals surface area contributed by atoms with E-state index in [1.165, 1.54) is 11.8 Å².